The van der Waals surface area contributed by atoms with Gasteiger partial charge in [0.25, 0.3) is 0 Å². The van der Waals surface area contributed by atoms with E-state index >= 15 is 0 Å². The van der Waals surface area contributed by atoms with Crippen molar-refractivity contribution in [2.75, 3.05) is 12.8 Å². The predicted octanol–water partition coefficient (Wildman–Crippen LogP) is 2.42. The van der Waals surface area contributed by atoms with Crippen LogP contribution in [0.3, 0.4) is 0 Å². The number of ether oxygens (including phenoxy) is 1. The van der Waals surface area contributed by atoms with Crippen LogP contribution in [0.1, 0.15) is 5.56 Å². The van der Waals surface area contributed by atoms with E-state index in [1.54, 1.807) is 19.1 Å². The molecule has 0 aromatic heterocycles. The van der Waals surface area contributed by atoms with Gasteiger partial charge >= 0.3 is 0 Å². The van der Waals surface area contributed by atoms with Gasteiger partial charge in [0.1, 0.15) is 17.3 Å². The molecule has 5 nitrogen and oxygen atoms in total. The number of nitrogens with two attached hydrogens (primary N) is 1. The Hall–Kier alpha value is -2.12. The highest BCUT2D eigenvalue weighted by atomic mass is 32.2. The molecule has 2 aromatic rings. The van der Waals surface area contributed by atoms with Crippen molar-refractivity contribution in [3.8, 4) is 11.5 Å². The molecule has 0 saturated heterocycles. The van der Waals surface area contributed by atoms with Crippen molar-refractivity contribution in [2.24, 2.45) is 0 Å². The minimum absolute atomic E-state index is 0.0323. The summed E-state index contributed by atoms with van der Waals surface area (Å²) in [6.07, 6.45) is 0. The van der Waals surface area contributed by atoms with Crippen LogP contribution in [-0.4, -0.2) is 15.5 Å². The van der Waals surface area contributed by atoms with Gasteiger partial charge in [0.15, 0.2) is 0 Å². The number of anilines is 1. The molecule has 3 N–H and O–H groups in total. The van der Waals surface area contributed by atoms with E-state index in [0.717, 1.165) is 0 Å². The lowest BCUT2D eigenvalue weighted by molar-refractivity contribution is 0.478. The Morgan fingerprint density at radius 3 is 2.48 bits per heavy atom. The molecule has 2 rings (SSSR count). The van der Waals surface area contributed by atoms with E-state index in [-0.39, 0.29) is 27.9 Å². The Bertz CT molecular complexity index is 776. The highest BCUT2D eigenvalue weighted by molar-refractivity contribution is 7.89. The molecule has 0 heterocycles. The third kappa shape index (κ3) is 3.32. The summed E-state index contributed by atoms with van der Waals surface area (Å²) >= 11 is 0. The Morgan fingerprint density at radius 1 is 1.19 bits per heavy atom. The second-order valence-corrected chi connectivity index (χ2v) is 6.31. The number of sulfonamides is 1. The summed E-state index contributed by atoms with van der Waals surface area (Å²) in [5.41, 5.74) is 6.43. The van der Waals surface area contributed by atoms with Gasteiger partial charge in [0.2, 0.25) is 10.0 Å². The molecule has 0 bridgehead atoms. The number of benzene rings is 2. The van der Waals surface area contributed by atoms with Crippen molar-refractivity contribution in [1.29, 1.82) is 0 Å². The lowest BCUT2D eigenvalue weighted by atomic mass is 10.2. The first-order valence-electron chi connectivity index (χ1n) is 6.10. The number of halogens is 1. The molecule has 21 heavy (non-hydrogen) atoms. The molecule has 0 fully saturated rings. The van der Waals surface area contributed by atoms with E-state index in [2.05, 4.69) is 4.72 Å². The molecule has 7 heteroatoms. The van der Waals surface area contributed by atoms with Crippen LogP contribution in [0.25, 0.3) is 0 Å². The smallest absolute Gasteiger partial charge is 0.240 e. The summed E-state index contributed by atoms with van der Waals surface area (Å²) in [6.45, 7) is 1.64. The molecule has 0 saturated carbocycles. The number of rotatable bonds is 4. The zero-order valence-electron chi connectivity index (χ0n) is 11.6. The van der Waals surface area contributed by atoms with E-state index < -0.39 is 10.0 Å². The van der Waals surface area contributed by atoms with Crippen LogP contribution in [-0.2, 0) is 10.0 Å². The number of aryl methyl sites for hydroxylation is 1. The summed E-state index contributed by atoms with van der Waals surface area (Å²) in [4.78, 5) is 0.0323. The fourth-order valence-corrected chi connectivity index (χ4v) is 2.43. The third-order valence-electron chi connectivity index (χ3n) is 2.93. The highest BCUT2D eigenvalue weighted by Crippen LogP contribution is 2.30. The zero-order valence-corrected chi connectivity index (χ0v) is 12.4. The van der Waals surface area contributed by atoms with Crippen LogP contribution >= 0.6 is 0 Å². The normalized spacial score (nSPS) is 11.4. The van der Waals surface area contributed by atoms with Crippen molar-refractivity contribution < 1.29 is 17.5 Å². The number of nitrogens with one attached hydrogen (secondary N) is 1. The van der Waals surface area contributed by atoms with Crippen molar-refractivity contribution in [3.05, 3.63) is 47.8 Å². The molecule has 112 valence electrons. The Kier molecular flexibility index (Phi) is 4.15. The summed E-state index contributed by atoms with van der Waals surface area (Å²) in [5, 5.41) is 0. The highest BCUT2D eigenvalue weighted by Gasteiger charge is 2.14. The summed E-state index contributed by atoms with van der Waals surface area (Å²) in [7, 11) is -2.26. The number of hydrogen-bond acceptors (Lipinski definition) is 4. The van der Waals surface area contributed by atoms with Gasteiger partial charge in [-0.25, -0.2) is 17.5 Å². The molecule has 2 aromatic carbocycles. The fraction of sp³-hybridized carbons (Fsp3) is 0.143. The van der Waals surface area contributed by atoms with E-state index in [0.29, 0.717) is 5.56 Å². The minimum Gasteiger partial charge on any atom is -0.455 e. The molecular formula is C14H15FN2O3S. The van der Waals surface area contributed by atoms with Gasteiger partial charge in [-0.1, -0.05) is 6.07 Å². The minimum atomic E-state index is -3.57. The van der Waals surface area contributed by atoms with E-state index in [4.69, 9.17) is 10.5 Å². The van der Waals surface area contributed by atoms with Crippen molar-refractivity contribution in [3.63, 3.8) is 0 Å². The van der Waals surface area contributed by atoms with Crippen LogP contribution in [0.4, 0.5) is 10.1 Å². The van der Waals surface area contributed by atoms with E-state index in [9.17, 15) is 12.8 Å². The first kappa shape index (κ1) is 15.3. The maximum atomic E-state index is 13.4. The van der Waals surface area contributed by atoms with Crippen molar-refractivity contribution in [1.82, 2.24) is 4.72 Å². The quantitative estimate of drug-likeness (QED) is 0.850. The zero-order chi connectivity index (χ0) is 15.6. The Balaban J connectivity index is 2.31. The maximum Gasteiger partial charge on any atom is 0.240 e. The molecule has 0 aliphatic heterocycles. The number of hydrogen-bond donors (Lipinski definition) is 2. The van der Waals surface area contributed by atoms with Crippen LogP contribution in [0.2, 0.25) is 0 Å². The standard InChI is InChI=1S/C14H15FN2O3S/c1-9-3-4-10(7-12(9)15)20-14-6-5-11(8-13(14)16)21(18,19)17-2/h3-8,17H,16H2,1-2H3. The molecule has 0 atom stereocenters. The Morgan fingerprint density at radius 2 is 1.90 bits per heavy atom. The number of nitrogen functional groups attached to an aromatic ring is 1. The van der Waals surface area contributed by atoms with E-state index in [1.807, 2.05) is 0 Å². The largest absolute Gasteiger partial charge is 0.455 e. The van der Waals surface area contributed by atoms with Gasteiger partial charge in [0, 0.05) is 6.07 Å². The Labute approximate surface area is 122 Å². The molecule has 0 aliphatic rings. The maximum absolute atomic E-state index is 13.4. The van der Waals surface area contributed by atoms with Crippen LogP contribution in [0.15, 0.2) is 41.3 Å². The molecule has 0 aliphatic carbocycles. The lowest BCUT2D eigenvalue weighted by Gasteiger charge is -2.10. The van der Waals surface area contributed by atoms with Crippen LogP contribution < -0.4 is 15.2 Å². The topological polar surface area (TPSA) is 81.4 Å². The first-order chi connectivity index (χ1) is 9.83. The van der Waals surface area contributed by atoms with Crippen molar-refractivity contribution >= 4 is 15.7 Å². The lowest BCUT2D eigenvalue weighted by Crippen LogP contribution is -2.18. The van der Waals surface area contributed by atoms with Gasteiger partial charge < -0.3 is 10.5 Å². The fourth-order valence-electron chi connectivity index (χ4n) is 1.67. The van der Waals surface area contributed by atoms with E-state index in [1.165, 1.54) is 31.3 Å². The molecule has 0 unspecified atom stereocenters. The van der Waals surface area contributed by atoms with Crippen LogP contribution in [0.5, 0.6) is 11.5 Å². The molecule has 0 radical (unpaired) electrons. The first-order valence-corrected chi connectivity index (χ1v) is 7.59. The SMILES string of the molecule is CNS(=O)(=O)c1ccc(Oc2ccc(C)c(F)c2)c(N)c1. The second-order valence-electron chi connectivity index (χ2n) is 4.42. The van der Waals surface area contributed by atoms with Crippen molar-refractivity contribution in [2.45, 2.75) is 11.8 Å². The summed E-state index contributed by atoms with van der Waals surface area (Å²) < 4.78 is 44.4. The van der Waals surface area contributed by atoms with Gasteiger partial charge in [-0.15, -0.1) is 0 Å². The van der Waals surface area contributed by atoms with Gasteiger partial charge in [-0.2, -0.15) is 0 Å². The monoisotopic (exact) mass is 310 g/mol. The average Bonchev–Trinajstić information content (AvgIpc) is 2.45. The molecule has 0 amide bonds. The van der Waals surface area contributed by atoms with Gasteiger partial charge in [-0.3, -0.25) is 0 Å². The van der Waals surface area contributed by atoms with Gasteiger partial charge in [0.05, 0.1) is 10.6 Å². The predicted molar refractivity (Wildman–Crippen MR) is 78.3 cm³/mol. The molecular weight excluding hydrogens is 295 g/mol. The summed E-state index contributed by atoms with van der Waals surface area (Å²) in [6, 6.07) is 8.51. The average molecular weight is 310 g/mol. The molecule has 0 spiro atoms. The van der Waals surface area contributed by atoms with Crippen LogP contribution in [0, 0.1) is 12.7 Å². The third-order valence-corrected chi connectivity index (χ3v) is 4.34. The second kappa shape index (κ2) is 5.71. The van der Waals surface area contributed by atoms with Gasteiger partial charge in [-0.05, 0) is 43.8 Å². The summed E-state index contributed by atoms with van der Waals surface area (Å²) in [5.74, 6) is 0.155.